The Kier molecular flexibility index (Phi) is 3.20. The van der Waals surface area contributed by atoms with E-state index in [1.54, 1.807) is 0 Å². The first kappa shape index (κ1) is 11.9. The highest BCUT2D eigenvalue weighted by Gasteiger charge is 2.20. The first-order valence-corrected chi connectivity index (χ1v) is 7.22. The molecule has 3 rings (SSSR count). The summed E-state index contributed by atoms with van der Waals surface area (Å²) in [4.78, 5) is 4.54. The van der Waals surface area contributed by atoms with Gasteiger partial charge in [-0.25, -0.2) is 0 Å². The molecule has 2 aromatic heterocycles. The first-order chi connectivity index (χ1) is 8.74. The molecule has 1 aliphatic carbocycles. The van der Waals surface area contributed by atoms with Gasteiger partial charge < -0.3 is 0 Å². The van der Waals surface area contributed by atoms with Crippen LogP contribution in [0.4, 0.5) is 0 Å². The summed E-state index contributed by atoms with van der Waals surface area (Å²) in [7, 11) is 0. The Morgan fingerprint density at radius 1 is 1.28 bits per heavy atom. The van der Waals surface area contributed by atoms with E-state index in [1.165, 1.54) is 25.7 Å². The Hall–Kier alpha value is -1.16. The molecule has 0 N–H and O–H groups in total. The minimum Gasteiger partial charge on any atom is -0.268 e. The molecule has 0 amide bonds. The molecule has 2 aromatic rings. The number of nitrogens with zero attached hydrogens (tertiary/aromatic N) is 3. The lowest BCUT2D eigenvalue weighted by Crippen LogP contribution is -2.05. The summed E-state index contributed by atoms with van der Waals surface area (Å²) in [5, 5.41) is 4.71. The maximum atomic E-state index is 4.71. The molecule has 0 aliphatic heterocycles. The summed E-state index contributed by atoms with van der Waals surface area (Å²) in [6, 6.07) is 6.61. The van der Waals surface area contributed by atoms with E-state index in [4.69, 9.17) is 5.10 Å². The third kappa shape index (κ3) is 2.21. The summed E-state index contributed by atoms with van der Waals surface area (Å²) in [5.74, 6) is 0. The van der Waals surface area contributed by atoms with Crippen LogP contribution in [0.1, 0.15) is 37.4 Å². The summed E-state index contributed by atoms with van der Waals surface area (Å²) in [6.07, 6.45) is 7.22. The number of rotatable bonds is 2. The van der Waals surface area contributed by atoms with Crippen LogP contribution in [0.3, 0.4) is 0 Å². The normalized spacial score (nSPS) is 16.3. The SMILES string of the molecule is Cc1cccc(-c2nn(C3CCCC3)cc2Br)n1. The average Bonchev–Trinajstić information content (AvgIpc) is 2.97. The van der Waals surface area contributed by atoms with Gasteiger partial charge in [0.15, 0.2) is 0 Å². The monoisotopic (exact) mass is 305 g/mol. The van der Waals surface area contributed by atoms with Crippen molar-refractivity contribution in [2.75, 3.05) is 0 Å². The number of hydrogen-bond acceptors (Lipinski definition) is 2. The summed E-state index contributed by atoms with van der Waals surface area (Å²) in [5.41, 5.74) is 2.92. The predicted molar refractivity (Wildman–Crippen MR) is 75.4 cm³/mol. The van der Waals surface area contributed by atoms with Crippen LogP contribution in [0.5, 0.6) is 0 Å². The molecular weight excluding hydrogens is 290 g/mol. The van der Waals surface area contributed by atoms with Crippen molar-refractivity contribution in [2.45, 2.75) is 38.6 Å². The summed E-state index contributed by atoms with van der Waals surface area (Å²) >= 11 is 3.60. The van der Waals surface area contributed by atoms with Gasteiger partial charge in [-0.2, -0.15) is 5.10 Å². The summed E-state index contributed by atoms with van der Waals surface area (Å²) in [6.45, 7) is 2.01. The lowest BCUT2D eigenvalue weighted by molar-refractivity contribution is 0.467. The second-order valence-corrected chi connectivity index (χ2v) is 5.76. The van der Waals surface area contributed by atoms with E-state index < -0.39 is 0 Å². The molecule has 4 heteroatoms. The quantitative estimate of drug-likeness (QED) is 0.835. The third-order valence-corrected chi connectivity index (χ3v) is 4.10. The zero-order valence-corrected chi connectivity index (χ0v) is 12.0. The zero-order chi connectivity index (χ0) is 12.5. The van der Waals surface area contributed by atoms with Crippen LogP contribution in [0.15, 0.2) is 28.9 Å². The maximum Gasteiger partial charge on any atom is 0.125 e. The highest BCUT2D eigenvalue weighted by molar-refractivity contribution is 9.10. The van der Waals surface area contributed by atoms with Gasteiger partial charge in [0.2, 0.25) is 0 Å². The Bertz CT molecular complexity index is 556. The largest absolute Gasteiger partial charge is 0.268 e. The van der Waals surface area contributed by atoms with E-state index in [0.717, 1.165) is 21.6 Å². The molecule has 1 saturated carbocycles. The van der Waals surface area contributed by atoms with Crippen molar-refractivity contribution in [3.8, 4) is 11.4 Å². The number of aryl methyl sites for hydroxylation is 1. The van der Waals surface area contributed by atoms with E-state index in [2.05, 4.69) is 31.8 Å². The van der Waals surface area contributed by atoms with E-state index in [1.807, 2.05) is 25.1 Å². The Balaban J connectivity index is 1.97. The van der Waals surface area contributed by atoms with Crippen molar-refractivity contribution in [3.05, 3.63) is 34.6 Å². The fraction of sp³-hybridized carbons (Fsp3) is 0.429. The average molecular weight is 306 g/mol. The van der Waals surface area contributed by atoms with Gasteiger partial charge in [0, 0.05) is 11.9 Å². The van der Waals surface area contributed by atoms with Crippen molar-refractivity contribution in [1.29, 1.82) is 0 Å². The smallest absolute Gasteiger partial charge is 0.125 e. The van der Waals surface area contributed by atoms with Gasteiger partial charge in [0.1, 0.15) is 5.69 Å². The van der Waals surface area contributed by atoms with Crippen molar-refractivity contribution < 1.29 is 0 Å². The Morgan fingerprint density at radius 3 is 2.78 bits per heavy atom. The predicted octanol–water partition coefficient (Wildman–Crippen LogP) is 4.13. The minimum atomic E-state index is 0.569. The fourth-order valence-corrected chi connectivity index (χ4v) is 3.07. The van der Waals surface area contributed by atoms with E-state index in [-0.39, 0.29) is 0 Å². The van der Waals surface area contributed by atoms with Crippen LogP contribution >= 0.6 is 15.9 Å². The zero-order valence-electron chi connectivity index (χ0n) is 10.4. The molecule has 1 aliphatic rings. The third-order valence-electron chi connectivity index (χ3n) is 3.52. The molecular formula is C14H16BrN3. The van der Waals surface area contributed by atoms with Crippen LogP contribution in [0.25, 0.3) is 11.4 Å². The Morgan fingerprint density at radius 2 is 2.06 bits per heavy atom. The number of aromatic nitrogens is 3. The molecule has 0 bridgehead atoms. The van der Waals surface area contributed by atoms with Gasteiger partial charge in [0.25, 0.3) is 0 Å². The van der Waals surface area contributed by atoms with Crippen molar-refractivity contribution >= 4 is 15.9 Å². The molecule has 0 saturated heterocycles. The summed E-state index contributed by atoms with van der Waals surface area (Å²) < 4.78 is 3.14. The van der Waals surface area contributed by atoms with Crippen molar-refractivity contribution in [2.24, 2.45) is 0 Å². The molecule has 0 aromatic carbocycles. The van der Waals surface area contributed by atoms with Gasteiger partial charge >= 0.3 is 0 Å². The minimum absolute atomic E-state index is 0.569. The van der Waals surface area contributed by atoms with Crippen LogP contribution in [0.2, 0.25) is 0 Å². The first-order valence-electron chi connectivity index (χ1n) is 6.43. The fourth-order valence-electron chi connectivity index (χ4n) is 2.57. The van der Waals surface area contributed by atoms with Crippen molar-refractivity contribution in [1.82, 2.24) is 14.8 Å². The van der Waals surface area contributed by atoms with E-state index >= 15 is 0 Å². The lowest BCUT2D eigenvalue weighted by atomic mass is 10.2. The lowest BCUT2D eigenvalue weighted by Gasteiger charge is -2.08. The van der Waals surface area contributed by atoms with Crippen LogP contribution in [0, 0.1) is 6.92 Å². The molecule has 1 fully saturated rings. The highest BCUT2D eigenvalue weighted by atomic mass is 79.9. The van der Waals surface area contributed by atoms with Crippen LogP contribution in [-0.2, 0) is 0 Å². The van der Waals surface area contributed by atoms with E-state index in [0.29, 0.717) is 6.04 Å². The van der Waals surface area contributed by atoms with Gasteiger partial charge in [0.05, 0.1) is 16.2 Å². The van der Waals surface area contributed by atoms with Gasteiger partial charge in [-0.1, -0.05) is 18.9 Å². The molecule has 3 nitrogen and oxygen atoms in total. The van der Waals surface area contributed by atoms with Crippen LogP contribution < -0.4 is 0 Å². The highest BCUT2D eigenvalue weighted by Crippen LogP contribution is 2.33. The second kappa shape index (κ2) is 4.84. The number of hydrogen-bond donors (Lipinski definition) is 0. The van der Waals surface area contributed by atoms with Crippen molar-refractivity contribution in [3.63, 3.8) is 0 Å². The van der Waals surface area contributed by atoms with Gasteiger partial charge in [-0.3, -0.25) is 9.67 Å². The maximum absolute atomic E-state index is 4.71. The van der Waals surface area contributed by atoms with Crippen LogP contribution in [-0.4, -0.2) is 14.8 Å². The van der Waals surface area contributed by atoms with Gasteiger partial charge in [-0.15, -0.1) is 0 Å². The molecule has 0 radical (unpaired) electrons. The topological polar surface area (TPSA) is 30.7 Å². The second-order valence-electron chi connectivity index (χ2n) is 4.91. The van der Waals surface area contributed by atoms with E-state index in [9.17, 15) is 0 Å². The number of halogens is 1. The molecule has 94 valence electrons. The standard InChI is InChI=1S/C14H16BrN3/c1-10-5-4-8-13(16-10)14-12(15)9-18(17-14)11-6-2-3-7-11/h4-5,8-9,11H,2-3,6-7H2,1H3. The number of pyridine rings is 1. The molecule has 18 heavy (non-hydrogen) atoms. The molecule has 2 heterocycles. The molecule has 0 spiro atoms. The molecule has 0 atom stereocenters. The molecule has 0 unspecified atom stereocenters. The van der Waals surface area contributed by atoms with Gasteiger partial charge in [-0.05, 0) is 47.8 Å². The Labute approximate surface area is 115 Å².